The van der Waals surface area contributed by atoms with E-state index in [2.05, 4.69) is 41.1 Å². The van der Waals surface area contributed by atoms with Crippen molar-refractivity contribution in [2.24, 2.45) is 0 Å². The van der Waals surface area contributed by atoms with Gasteiger partial charge in [0.1, 0.15) is 0 Å². The molecular formula is C22H26N4O2S. The molecule has 7 heteroatoms. The monoisotopic (exact) mass is 410 g/mol. The molecular weight excluding hydrogens is 384 g/mol. The van der Waals surface area contributed by atoms with Crippen LogP contribution in [0.2, 0.25) is 0 Å². The van der Waals surface area contributed by atoms with E-state index < -0.39 is 0 Å². The lowest BCUT2D eigenvalue weighted by atomic mass is 9.98. The van der Waals surface area contributed by atoms with Gasteiger partial charge in [0.05, 0.1) is 5.01 Å². The SMILES string of the molecule is CC(C)c1ccc(-c2noc(CCC(=O)N3CCCC(c4nccs4)C3)n2)cc1. The minimum absolute atomic E-state index is 0.146. The fourth-order valence-corrected chi connectivity index (χ4v) is 4.47. The van der Waals surface area contributed by atoms with Crippen LogP contribution in [0.3, 0.4) is 0 Å². The van der Waals surface area contributed by atoms with Crippen LogP contribution >= 0.6 is 11.3 Å². The van der Waals surface area contributed by atoms with Crippen molar-refractivity contribution >= 4 is 17.2 Å². The quantitative estimate of drug-likeness (QED) is 0.591. The van der Waals surface area contributed by atoms with E-state index in [-0.39, 0.29) is 5.91 Å². The van der Waals surface area contributed by atoms with Crippen LogP contribution in [0.25, 0.3) is 11.4 Å². The highest BCUT2D eigenvalue weighted by Crippen LogP contribution is 2.28. The van der Waals surface area contributed by atoms with Crippen molar-refractivity contribution in [3.63, 3.8) is 0 Å². The van der Waals surface area contributed by atoms with Crippen molar-refractivity contribution < 1.29 is 9.32 Å². The first-order valence-corrected chi connectivity index (χ1v) is 11.1. The maximum absolute atomic E-state index is 12.7. The topological polar surface area (TPSA) is 72.1 Å². The molecule has 6 nitrogen and oxygen atoms in total. The van der Waals surface area contributed by atoms with Crippen LogP contribution in [0.1, 0.15) is 61.4 Å². The summed E-state index contributed by atoms with van der Waals surface area (Å²) in [5, 5.41) is 7.21. The van der Waals surface area contributed by atoms with E-state index in [0.717, 1.165) is 36.5 Å². The Morgan fingerprint density at radius 2 is 2.14 bits per heavy atom. The van der Waals surface area contributed by atoms with Crippen LogP contribution in [0.15, 0.2) is 40.4 Å². The van der Waals surface area contributed by atoms with Gasteiger partial charge in [0, 0.05) is 49.0 Å². The molecule has 1 aliphatic heterocycles. The average Bonchev–Trinajstić information content (AvgIpc) is 3.44. The molecule has 152 valence electrons. The molecule has 0 N–H and O–H groups in total. The van der Waals surface area contributed by atoms with Gasteiger partial charge in [-0.1, -0.05) is 43.3 Å². The Kier molecular flexibility index (Phi) is 6.04. The van der Waals surface area contributed by atoms with E-state index in [1.54, 1.807) is 11.3 Å². The number of likely N-dealkylation sites (tertiary alicyclic amines) is 1. The first kappa shape index (κ1) is 19.8. The summed E-state index contributed by atoms with van der Waals surface area (Å²) in [7, 11) is 0. The number of nitrogens with zero attached hydrogens (tertiary/aromatic N) is 4. The Labute approximate surface area is 175 Å². The van der Waals surface area contributed by atoms with Crippen LogP contribution in [0.5, 0.6) is 0 Å². The first-order valence-electron chi connectivity index (χ1n) is 10.2. The van der Waals surface area contributed by atoms with Gasteiger partial charge in [0.25, 0.3) is 0 Å². The molecule has 1 saturated heterocycles. The number of piperidine rings is 1. The molecule has 1 amide bonds. The van der Waals surface area contributed by atoms with Crippen LogP contribution in [-0.2, 0) is 11.2 Å². The van der Waals surface area contributed by atoms with Gasteiger partial charge in [0.15, 0.2) is 0 Å². The summed E-state index contributed by atoms with van der Waals surface area (Å²) in [6.45, 7) is 5.90. The molecule has 1 aliphatic rings. The number of aryl methyl sites for hydroxylation is 1. The summed E-state index contributed by atoms with van der Waals surface area (Å²) in [5.74, 6) is 2.07. The van der Waals surface area contributed by atoms with Gasteiger partial charge < -0.3 is 9.42 Å². The van der Waals surface area contributed by atoms with Crippen LogP contribution in [0, 0.1) is 0 Å². The Morgan fingerprint density at radius 3 is 2.86 bits per heavy atom. The van der Waals surface area contributed by atoms with Crippen molar-refractivity contribution in [2.45, 2.75) is 51.4 Å². The molecule has 29 heavy (non-hydrogen) atoms. The highest BCUT2D eigenvalue weighted by Gasteiger charge is 2.26. The third kappa shape index (κ3) is 4.72. The minimum atomic E-state index is 0.146. The number of benzene rings is 1. The van der Waals surface area contributed by atoms with Crippen LogP contribution in [-0.4, -0.2) is 39.0 Å². The highest BCUT2D eigenvalue weighted by molar-refractivity contribution is 7.09. The molecule has 2 aromatic heterocycles. The zero-order valence-electron chi connectivity index (χ0n) is 16.9. The van der Waals surface area contributed by atoms with Crippen molar-refractivity contribution in [3.8, 4) is 11.4 Å². The predicted octanol–water partition coefficient (Wildman–Crippen LogP) is 4.66. The summed E-state index contributed by atoms with van der Waals surface area (Å²) in [6.07, 6.45) is 4.81. The average molecular weight is 411 g/mol. The van der Waals surface area contributed by atoms with E-state index in [1.807, 2.05) is 28.6 Å². The number of thiazole rings is 1. The Morgan fingerprint density at radius 1 is 1.31 bits per heavy atom. The maximum Gasteiger partial charge on any atom is 0.227 e. The third-order valence-corrected chi connectivity index (χ3v) is 6.37. The first-order chi connectivity index (χ1) is 14.1. The second-order valence-electron chi connectivity index (χ2n) is 7.84. The number of hydrogen-bond donors (Lipinski definition) is 0. The predicted molar refractivity (Wildman–Crippen MR) is 113 cm³/mol. The molecule has 3 aromatic rings. The molecule has 0 aliphatic carbocycles. The highest BCUT2D eigenvalue weighted by atomic mass is 32.1. The number of amides is 1. The van der Waals surface area contributed by atoms with Crippen LogP contribution in [0.4, 0.5) is 0 Å². The van der Waals surface area contributed by atoms with Gasteiger partial charge in [-0.3, -0.25) is 4.79 Å². The summed E-state index contributed by atoms with van der Waals surface area (Å²) in [4.78, 5) is 23.5. The van der Waals surface area contributed by atoms with Gasteiger partial charge in [-0.05, 0) is 24.3 Å². The fraction of sp³-hybridized carbons (Fsp3) is 0.455. The number of carbonyl (C=O) groups excluding carboxylic acids is 1. The zero-order valence-corrected chi connectivity index (χ0v) is 17.7. The lowest BCUT2D eigenvalue weighted by Crippen LogP contribution is -2.39. The number of rotatable bonds is 6. The molecule has 0 radical (unpaired) electrons. The Balaban J connectivity index is 1.33. The normalized spacial score (nSPS) is 17.1. The van der Waals surface area contributed by atoms with E-state index in [9.17, 15) is 4.79 Å². The van der Waals surface area contributed by atoms with Crippen molar-refractivity contribution in [1.82, 2.24) is 20.0 Å². The number of carbonyl (C=O) groups is 1. The number of hydrogen-bond acceptors (Lipinski definition) is 6. The van der Waals surface area contributed by atoms with Gasteiger partial charge in [-0.15, -0.1) is 11.3 Å². The summed E-state index contributed by atoms with van der Waals surface area (Å²) in [6, 6.07) is 8.22. The van der Waals surface area contributed by atoms with Gasteiger partial charge in [-0.25, -0.2) is 4.98 Å². The summed E-state index contributed by atoms with van der Waals surface area (Å²) in [5.41, 5.74) is 2.21. The van der Waals surface area contributed by atoms with Crippen molar-refractivity contribution in [1.29, 1.82) is 0 Å². The maximum atomic E-state index is 12.7. The molecule has 1 atom stereocenters. The second kappa shape index (κ2) is 8.86. The molecule has 1 unspecified atom stereocenters. The van der Waals surface area contributed by atoms with Gasteiger partial charge >= 0.3 is 0 Å². The molecule has 0 saturated carbocycles. The van der Waals surface area contributed by atoms with E-state index in [4.69, 9.17) is 4.52 Å². The van der Waals surface area contributed by atoms with Gasteiger partial charge in [-0.2, -0.15) is 4.98 Å². The fourth-order valence-electron chi connectivity index (χ4n) is 3.70. The van der Waals surface area contributed by atoms with E-state index in [0.29, 0.717) is 36.4 Å². The minimum Gasteiger partial charge on any atom is -0.342 e. The molecule has 1 aromatic carbocycles. The smallest absolute Gasteiger partial charge is 0.227 e. The lowest BCUT2D eigenvalue weighted by Gasteiger charge is -2.31. The van der Waals surface area contributed by atoms with Crippen LogP contribution < -0.4 is 0 Å². The number of aromatic nitrogens is 3. The summed E-state index contributed by atoms with van der Waals surface area (Å²) >= 11 is 1.67. The molecule has 4 rings (SSSR count). The zero-order chi connectivity index (χ0) is 20.2. The lowest BCUT2D eigenvalue weighted by molar-refractivity contribution is -0.132. The molecule has 0 bridgehead atoms. The summed E-state index contributed by atoms with van der Waals surface area (Å²) < 4.78 is 5.37. The van der Waals surface area contributed by atoms with Crippen molar-refractivity contribution in [3.05, 3.63) is 52.3 Å². The standard InChI is InChI=1S/C22H26N4O2S/c1-15(2)16-5-7-17(8-6-16)21-24-19(28-25-21)9-10-20(27)26-12-3-4-18(14-26)22-23-11-13-29-22/h5-8,11,13,15,18H,3-4,9-10,12,14H2,1-2H3. The van der Waals surface area contributed by atoms with E-state index in [1.165, 1.54) is 5.56 Å². The second-order valence-corrected chi connectivity index (χ2v) is 8.76. The molecule has 1 fully saturated rings. The Bertz CT molecular complexity index is 934. The Hall–Kier alpha value is -2.54. The third-order valence-electron chi connectivity index (χ3n) is 5.43. The molecule has 3 heterocycles. The largest absolute Gasteiger partial charge is 0.342 e. The van der Waals surface area contributed by atoms with Crippen molar-refractivity contribution in [2.75, 3.05) is 13.1 Å². The molecule has 0 spiro atoms. The van der Waals surface area contributed by atoms with E-state index >= 15 is 0 Å². The van der Waals surface area contributed by atoms with Gasteiger partial charge in [0.2, 0.25) is 17.6 Å².